The molecule has 1 unspecified atom stereocenters. The van der Waals surface area contributed by atoms with E-state index in [4.69, 9.17) is 10.4 Å². The summed E-state index contributed by atoms with van der Waals surface area (Å²) in [5.41, 5.74) is -0.181. The van der Waals surface area contributed by atoms with Gasteiger partial charge in [0.05, 0.1) is 11.6 Å². The number of hydrogen-bond donors (Lipinski definition) is 2. The minimum atomic E-state index is -4.59. The molecule has 0 radical (unpaired) electrons. The summed E-state index contributed by atoms with van der Waals surface area (Å²) < 4.78 is 38.6. The highest BCUT2D eigenvalue weighted by atomic mass is 19.4. The first-order valence-corrected chi connectivity index (χ1v) is 7.36. The molecule has 0 saturated carbocycles. The van der Waals surface area contributed by atoms with Crippen LogP contribution in [-0.4, -0.2) is 16.7 Å². The number of nitrogens with zero attached hydrogens (tertiary/aromatic N) is 2. The minimum absolute atomic E-state index is 0.0351. The molecule has 1 aromatic carbocycles. The van der Waals surface area contributed by atoms with Crippen molar-refractivity contribution >= 4 is 5.82 Å². The fourth-order valence-corrected chi connectivity index (χ4v) is 2.29. The Morgan fingerprint density at radius 1 is 1.17 bits per heavy atom. The molecule has 4 nitrogen and oxygen atoms in total. The molecule has 0 amide bonds. The second-order valence-electron chi connectivity index (χ2n) is 5.18. The molecule has 0 aliphatic heterocycles. The van der Waals surface area contributed by atoms with Crippen LogP contribution in [0.2, 0.25) is 0 Å². The predicted molar refractivity (Wildman–Crippen MR) is 83.1 cm³/mol. The molecule has 0 aliphatic rings. The van der Waals surface area contributed by atoms with Crippen LogP contribution in [0.15, 0.2) is 42.5 Å². The average molecular weight is 335 g/mol. The average Bonchev–Trinajstić information content (AvgIpc) is 2.58. The number of aromatic nitrogens is 1. The van der Waals surface area contributed by atoms with Gasteiger partial charge in [-0.3, -0.25) is 0 Å². The van der Waals surface area contributed by atoms with Gasteiger partial charge in [0.1, 0.15) is 17.6 Å². The fraction of sp³-hybridized carbons (Fsp3) is 0.294. The number of benzene rings is 1. The van der Waals surface area contributed by atoms with Gasteiger partial charge >= 0.3 is 6.18 Å². The van der Waals surface area contributed by atoms with Gasteiger partial charge in [-0.15, -0.1) is 0 Å². The van der Waals surface area contributed by atoms with Gasteiger partial charge in [-0.2, -0.15) is 18.4 Å². The first-order valence-electron chi connectivity index (χ1n) is 7.36. The third-order valence-corrected chi connectivity index (χ3v) is 3.47. The zero-order chi connectivity index (χ0) is 17.6. The molecule has 1 heterocycles. The van der Waals surface area contributed by atoms with Gasteiger partial charge < -0.3 is 10.4 Å². The van der Waals surface area contributed by atoms with Gasteiger partial charge in [0.15, 0.2) is 0 Å². The molecule has 2 rings (SSSR count). The lowest BCUT2D eigenvalue weighted by Crippen LogP contribution is -2.16. The third-order valence-electron chi connectivity index (χ3n) is 3.47. The van der Waals surface area contributed by atoms with Crippen molar-refractivity contribution in [1.29, 1.82) is 5.26 Å². The van der Waals surface area contributed by atoms with Gasteiger partial charge in [0.25, 0.3) is 0 Å². The Morgan fingerprint density at radius 2 is 1.88 bits per heavy atom. The van der Waals surface area contributed by atoms with E-state index in [0.29, 0.717) is 12.8 Å². The molecular formula is C17H16F3N3O. The van der Waals surface area contributed by atoms with Crippen LogP contribution < -0.4 is 5.32 Å². The van der Waals surface area contributed by atoms with Crippen LogP contribution >= 0.6 is 0 Å². The largest absolute Gasteiger partial charge is 0.433 e. The van der Waals surface area contributed by atoms with E-state index < -0.39 is 11.9 Å². The topological polar surface area (TPSA) is 68.9 Å². The number of nitrogens with one attached hydrogen (secondary N) is 1. The summed E-state index contributed by atoms with van der Waals surface area (Å²) in [4.78, 5) is 3.57. The quantitative estimate of drug-likeness (QED) is 0.840. The number of aliphatic hydroxyl groups is 1. The van der Waals surface area contributed by atoms with Crippen LogP contribution in [0, 0.1) is 11.3 Å². The van der Waals surface area contributed by atoms with Gasteiger partial charge in [0, 0.05) is 6.61 Å². The normalized spacial score (nSPS) is 12.5. The molecule has 0 fully saturated rings. The van der Waals surface area contributed by atoms with Gasteiger partial charge in [-0.1, -0.05) is 30.3 Å². The van der Waals surface area contributed by atoms with Gasteiger partial charge in [-0.05, 0) is 30.5 Å². The molecular weight excluding hydrogens is 319 g/mol. The van der Waals surface area contributed by atoms with Crippen molar-refractivity contribution in [2.24, 2.45) is 0 Å². The molecule has 1 aromatic heterocycles. The molecule has 126 valence electrons. The number of alkyl halides is 3. The molecule has 2 N–H and O–H groups in total. The number of aliphatic hydroxyl groups excluding tert-OH is 1. The first-order chi connectivity index (χ1) is 11.5. The van der Waals surface area contributed by atoms with Crippen LogP contribution in [-0.2, 0) is 6.18 Å². The van der Waals surface area contributed by atoms with Crippen molar-refractivity contribution in [3.05, 3.63) is 59.3 Å². The summed E-state index contributed by atoms with van der Waals surface area (Å²) in [5.74, 6) is -0.112. The number of nitriles is 1. The summed E-state index contributed by atoms with van der Waals surface area (Å²) >= 11 is 0. The van der Waals surface area contributed by atoms with E-state index in [1.54, 1.807) is 0 Å². The minimum Gasteiger partial charge on any atom is -0.396 e. The standard InChI is InChI=1S/C17H16F3N3O/c18-17(19,20)15-9-8-13(11-21)16(23-15)22-14(7-4-10-24)12-5-2-1-3-6-12/h1-3,5-6,8-9,14,24H,4,7,10H2,(H,22,23). The molecule has 0 saturated heterocycles. The van der Waals surface area contributed by atoms with Crippen LogP contribution in [0.4, 0.5) is 19.0 Å². The maximum Gasteiger partial charge on any atom is 0.433 e. The Balaban J connectivity index is 2.36. The summed E-state index contributed by atoms with van der Waals surface area (Å²) in [5, 5.41) is 21.1. The maximum atomic E-state index is 12.9. The summed E-state index contributed by atoms with van der Waals surface area (Å²) in [6, 6.07) is 12.5. The van der Waals surface area contributed by atoms with E-state index in [1.165, 1.54) is 0 Å². The van der Waals surface area contributed by atoms with E-state index in [-0.39, 0.29) is 24.0 Å². The molecule has 0 bridgehead atoms. The Labute approximate surface area is 137 Å². The summed E-state index contributed by atoms with van der Waals surface area (Å²) in [6.07, 6.45) is -3.63. The number of rotatable bonds is 6. The van der Waals surface area contributed by atoms with E-state index in [0.717, 1.165) is 17.7 Å². The van der Waals surface area contributed by atoms with Gasteiger partial charge in [-0.25, -0.2) is 4.98 Å². The Morgan fingerprint density at radius 3 is 2.46 bits per heavy atom. The second kappa shape index (κ2) is 7.79. The van der Waals surface area contributed by atoms with Crippen LogP contribution in [0.5, 0.6) is 0 Å². The molecule has 2 aromatic rings. The monoisotopic (exact) mass is 335 g/mol. The first kappa shape index (κ1) is 17.8. The zero-order valence-electron chi connectivity index (χ0n) is 12.7. The Bertz CT molecular complexity index is 711. The molecule has 1 atom stereocenters. The van der Waals surface area contributed by atoms with E-state index in [2.05, 4.69) is 10.3 Å². The highest BCUT2D eigenvalue weighted by Gasteiger charge is 2.33. The lowest BCUT2D eigenvalue weighted by molar-refractivity contribution is -0.141. The second-order valence-corrected chi connectivity index (χ2v) is 5.18. The number of anilines is 1. The fourth-order valence-electron chi connectivity index (χ4n) is 2.29. The van der Waals surface area contributed by atoms with Crippen molar-refractivity contribution < 1.29 is 18.3 Å². The summed E-state index contributed by atoms with van der Waals surface area (Å²) in [6.45, 7) is -0.0356. The molecule has 0 spiro atoms. The number of hydrogen-bond acceptors (Lipinski definition) is 4. The van der Waals surface area contributed by atoms with Gasteiger partial charge in [0.2, 0.25) is 0 Å². The highest BCUT2D eigenvalue weighted by molar-refractivity contribution is 5.53. The van der Waals surface area contributed by atoms with Crippen molar-refractivity contribution in [2.75, 3.05) is 11.9 Å². The smallest absolute Gasteiger partial charge is 0.396 e. The SMILES string of the molecule is N#Cc1ccc(C(F)(F)F)nc1NC(CCCO)c1ccccc1. The Hall–Kier alpha value is -2.59. The van der Waals surface area contributed by atoms with Crippen LogP contribution in [0.1, 0.15) is 35.7 Å². The molecule has 7 heteroatoms. The van der Waals surface area contributed by atoms with Crippen LogP contribution in [0.25, 0.3) is 0 Å². The van der Waals surface area contributed by atoms with Crippen molar-refractivity contribution in [2.45, 2.75) is 25.1 Å². The number of pyridine rings is 1. The van der Waals surface area contributed by atoms with E-state index >= 15 is 0 Å². The zero-order valence-corrected chi connectivity index (χ0v) is 12.7. The number of halogens is 3. The van der Waals surface area contributed by atoms with E-state index in [9.17, 15) is 13.2 Å². The Kier molecular flexibility index (Phi) is 5.77. The lowest BCUT2D eigenvalue weighted by atomic mass is 10.0. The van der Waals surface area contributed by atoms with E-state index in [1.807, 2.05) is 36.4 Å². The third kappa shape index (κ3) is 4.46. The molecule has 0 aliphatic carbocycles. The predicted octanol–water partition coefficient (Wildman–Crippen LogP) is 3.90. The lowest BCUT2D eigenvalue weighted by Gasteiger charge is -2.21. The molecule has 24 heavy (non-hydrogen) atoms. The summed E-state index contributed by atoms with van der Waals surface area (Å²) in [7, 11) is 0. The van der Waals surface area contributed by atoms with Crippen molar-refractivity contribution in [3.63, 3.8) is 0 Å². The van der Waals surface area contributed by atoms with Crippen molar-refractivity contribution in [1.82, 2.24) is 4.98 Å². The maximum absolute atomic E-state index is 12.9. The highest BCUT2D eigenvalue weighted by Crippen LogP contribution is 2.31. The van der Waals surface area contributed by atoms with Crippen molar-refractivity contribution in [3.8, 4) is 6.07 Å². The van der Waals surface area contributed by atoms with Crippen LogP contribution in [0.3, 0.4) is 0 Å².